The first kappa shape index (κ1) is 109. The van der Waals surface area contributed by atoms with Crippen LogP contribution < -0.4 is 69.1 Å². The number of aromatic nitrogens is 2. The van der Waals surface area contributed by atoms with Crippen molar-refractivity contribution in [3.8, 4) is 5.75 Å². The van der Waals surface area contributed by atoms with Crippen LogP contribution in [-0.4, -0.2) is 212 Å². The summed E-state index contributed by atoms with van der Waals surface area (Å²) in [6.07, 6.45) is 19.6. The molecule has 0 saturated carbocycles. The zero-order valence-electron chi connectivity index (χ0n) is 77.9. The molecule has 716 valence electrons. The molecule has 32 nitrogen and oxygen atoms in total. The average molecular weight is 1830 g/mol. The molecule has 130 heavy (non-hydrogen) atoms. The maximum absolute atomic E-state index is 15.0. The Labute approximate surface area is 771 Å². The molecule has 1 aromatic heterocycles. The van der Waals surface area contributed by atoms with Crippen molar-refractivity contribution in [3.63, 3.8) is 0 Å². The fourth-order valence-electron chi connectivity index (χ4n) is 14.8. The number of amides is 13. The van der Waals surface area contributed by atoms with Crippen LogP contribution in [0.4, 0.5) is 0 Å². The van der Waals surface area contributed by atoms with Crippen LogP contribution in [0.15, 0.2) is 128 Å². The minimum Gasteiger partial charge on any atom is -0.508 e. The number of unbranched alkanes of at least 4 members (excludes halogenated alkanes) is 12. The van der Waals surface area contributed by atoms with Crippen LogP contribution in [0.25, 0.3) is 0 Å². The van der Waals surface area contributed by atoms with E-state index in [1.165, 1.54) is 102 Å². The molecular formula is C97H145N15O17S. The van der Waals surface area contributed by atoms with Crippen LogP contribution in [0.2, 0.25) is 0 Å². The number of Topliss-reactive ketones (excluding diaryl/α,β-unsaturated/α-hetero) is 1. The van der Waals surface area contributed by atoms with Crippen molar-refractivity contribution in [1.82, 2.24) is 79.1 Å². The number of carbonyl (C=O) groups excluding carboxylic acids is 14. The predicted octanol–water partition coefficient (Wildman–Crippen LogP) is 6.94. The van der Waals surface area contributed by atoms with Crippen LogP contribution in [0.3, 0.4) is 0 Å². The number of benzene rings is 4. The van der Waals surface area contributed by atoms with Crippen molar-refractivity contribution < 1.29 is 82.4 Å². The van der Waals surface area contributed by atoms with Gasteiger partial charge in [0.2, 0.25) is 76.8 Å². The van der Waals surface area contributed by atoms with E-state index in [1.54, 1.807) is 137 Å². The normalized spacial score (nSPS) is 14.6. The first-order valence-corrected chi connectivity index (χ1v) is 47.6. The van der Waals surface area contributed by atoms with Crippen molar-refractivity contribution in [3.05, 3.63) is 156 Å². The second-order valence-electron chi connectivity index (χ2n) is 35.2. The van der Waals surface area contributed by atoms with E-state index < -0.39 is 174 Å². The number of nitrogens with one attached hydrogen (secondary N) is 14. The predicted molar refractivity (Wildman–Crippen MR) is 501 cm³/mol. The van der Waals surface area contributed by atoms with E-state index in [2.05, 4.69) is 86.0 Å². The van der Waals surface area contributed by atoms with Crippen molar-refractivity contribution in [2.45, 2.75) is 309 Å². The Bertz CT molecular complexity index is 4300. The number of hydrogen-bond acceptors (Lipinski definition) is 19. The number of ketones is 1. The second-order valence-corrected chi connectivity index (χ2v) is 36.2. The van der Waals surface area contributed by atoms with E-state index in [1.807, 2.05) is 27.7 Å². The van der Waals surface area contributed by atoms with E-state index in [0.717, 1.165) is 25.7 Å². The minimum absolute atomic E-state index is 0.0172. The van der Waals surface area contributed by atoms with Crippen LogP contribution in [0, 0.1) is 23.7 Å². The molecule has 33 heteroatoms. The Morgan fingerprint density at radius 3 is 1.08 bits per heavy atom. The van der Waals surface area contributed by atoms with Gasteiger partial charge in [-0.15, -0.1) is 0 Å². The summed E-state index contributed by atoms with van der Waals surface area (Å²) in [6.45, 7) is 17.5. The first-order chi connectivity index (χ1) is 62.1. The molecule has 0 aliphatic rings. The highest BCUT2D eigenvalue weighted by molar-refractivity contribution is 7.98. The van der Waals surface area contributed by atoms with E-state index in [4.69, 9.17) is 0 Å². The molecule has 0 unspecified atom stereocenters. The van der Waals surface area contributed by atoms with Crippen LogP contribution in [0.1, 0.15) is 226 Å². The molecule has 13 amide bonds. The maximum atomic E-state index is 15.0. The Hall–Kier alpha value is -11.1. The largest absolute Gasteiger partial charge is 0.508 e. The topological polar surface area (TPSA) is 485 Å². The smallest absolute Gasteiger partial charge is 0.245 e. The summed E-state index contributed by atoms with van der Waals surface area (Å²) in [7, 11) is 0. The van der Waals surface area contributed by atoms with E-state index in [0.29, 0.717) is 40.8 Å². The van der Waals surface area contributed by atoms with Gasteiger partial charge in [0.25, 0.3) is 0 Å². The third kappa shape index (κ3) is 41.4. The number of aliphatic hydroxyl groups is 2. The molecule has 14 atom stereocenters. The van der Waals surface area contributed by atoms with Gasteiger partial charge < -0.3 is 89.4 Å². The number of phenols is 1. The number of rotatable bonds is 63. The van der Waals surface area contributed by atoms with Gasteiger partial charge in [0.05, 0.1) is 25.2 Å². The number of aliphatic hydroxyl groups excluding tert-OH is 2. The lowest BCUT2D eigenvalue weighted by molar-refractivity contribution is -0.137. The van der Waals surface area contributed by atoms with Crippen LogP contribution in [-0.2, 0) is 99.2 Å². The molecule has 5 rings (SSSR count). The van der Waals surface area contributed by atoms with Crippen LogP contribution >= 0.6 is 11.8 Å². The third-order valence-corrected chi connectivity index (χ3v) is 23.1. The van der Waals surface area contributed by atoms with Crippen molar-refractivity contribution in [1.29, 1.82) is 0 Å². The van der Waals surface area contributed by atoms with Crippen LogP contribution in [0.5, 0.6) is 5.75 Å². The lowest BCUT2D eigenvalue weighted by Gasteiger charge is -2.30. The van der Waals surface area contributed by atoms with Gasteiger partial charge in [-0.1, -0.05) is 249 Å². The first-order valence-electron chi connectivity index (χ1n) is 46.2. The van der Waals surface area contributed by atoms with E-state index in [9.17, 15) is 82.4 Å². The van der Waals surface area contributed by atoms with E-state index >= 15 is 0 Å². The molecule has 17 N–H and O–H groups in total. The highest BCUT2D eigenvalue weighted by Gasteiger charge is 2.39. The van der Waals surface area contributed by atoms with E-state index in [-0.39, 0.29) is 99.3 Å². The quantitative estimate of drug-likeness (QED) is 0.0175. The summed E-state index contributed by atoms with van der Waals surface area (Å²) in [6, 6.07) is 14.3. The summed E-state index contributed by atoms with van der Waals surface area (Å²) in [5.41, 5.74) is 2.69. The second kappa shape index (κ2) is 60.0. The highest BCUT2D eigenvalue weighted by atomic mass is 32.2. The highest BCUT2D eigenvalue weighted by Crippen LogP contribution is 2.20. The summed E-state index contributed by atoms with van der Waals surface area (Å²) in [5, 5.41) is 66.5. The molecule has 4 aromatic carbocycles. The summed E-state index contributed by atoms with van der Waals surface area (Å²) >= 11 is 1.36. The van der Waals surface area contributed by atoms with Gasteiger partial charge in [-0.2, -0.15) is 11.8 Å². The fraction of sp³-hybridized carbons (Fsp3) is 0.577. The standard InChI is InChI=1S/C97H145N15O17S/c1-13-15-16-17-18-19-20-21-22-23-24-25-35-42-84(117)101-74(49-61(3)4)88(120)106-79(55-70-43-45-72(116)46-44-70)92(124)104-75(50-62(5)6)89(121)108-81(56-71-57-98-60-99-71)94(126)111-83(59-114)96(128)105-76(51-63(7)8)95(127)112-85(64(9)14-2)97(129)109-80(54-69-40-33-28-34-41-69)90(122)102-73(47-48-130-12)87(119)100-65(10)86(118)103-77(52-67-36-29-26-30-37-67)91(123)107-78(53-68-38-31-27-32-39-68)93(125)110-82(58-113)66(11)115/h26-34,36-41,43-46,57,60-65,73-83,85,113-114,116H,13-25,35,42,47-56,58-59H2,1-12H3,(H,98,99)(H,100,119)(H,101,117)(H,102,122)(H,103,118)(H,104,124)(H,105,128)(H,106,120)(H,107,123)(H,108,121)(H,109,129)(H,110,125)(H,111,126)(H,112,127)/t64-,65-,73-,74+,75-,76-,77-,78-,79-,80-,81-,82-,83-,85-/m0/s1. The number of hydrogen-bond donors (Lipinski definition) is 17. The number of H-pyrrole nitrogens is 1. The lowest BCUT2D eigenvalue weighted by Crippen LogP contribution is -2.62. The molecule has 0 aliphatic heterocycles. The Morgan fingerprint density at radius 1 is 0.362 bits per heavy atom. The van der Waals surface area contributed by atoms with Gasteiger partial charge >= 0.3 is 0 Å². The zero-order chi connectivity index (χ0) is 95.6. The molecule has 1 heterocycles. The molecule has 0 radical (unpaired) electrons. The number of nitrogens with zero attached hydrogens (tertiary/aromatic N) is 1. The monoisotopic (exact) mass is 1820 g/mol. The molecule has 5 aromatic rings. The number of thioether (sulfide) groups is 1. The molecule has 0 spiro atoms. The Balaban J connectivity index is 1.32. The number of carbonyl (C=O) groups is 14. The van der Waals surface area contributed by atoms with Gasteiger partial charge in [-0.05, 0) is 116 Å². The van der Waals surface area contributed by atoms with Crippen molar-refractivity contribution >= 4 is 94.3 Å². The number of phenolic OH excluding ortho intramolecular Hbond substituents is 1. The zero-order valence-corrected chi connectivity index (χ0v) is 78.8. The number of imidazole rings is 1. The summed E-state index contributed by atoms with van der Waals surface area (Å²) < 4.78 is 0. The molecular weight excluding hydrogens is 1680 g/mol. The maximum Gasteiger partial charge on any atom is 0.245 e. The number of aromatic hydroxyl groups is 1. The fourth-order valence-corrected chi connectivity index (χ4v) is 15.3. The Morgan fingerprint density at radius 2 is 0.692 bits per heavy atom. The van der Waals surface area contributed by atoms with Crippen molar-refractivity contribution in [2.75, 3.05) is 25.2 Å². The molecule has 0 saturated heterocycles. The SMILES string of the molecule is CCCCCCCCCCCCCCCC(=O)N[C@H](CC(C)C)C(=O)N[C@@H](Cc1ccc(O)cc1)C(=O)N[C@@H](CC(C)C)C(=O)N[C@@H](Cc1c[nH]cn1)C(=O)N[C@@H](CO)C(=O)N[C@@H](CC(C)C)C(=O)N[C@H](C(=O)N[C@@H](Cc1ccccc1)C(=O)N[C@@H](CCSC)C(=O)N[C@@H](C)C(=O)N[C@@H](Cc1ccccc1)C(=O)N[C@@H](Cc1ccccc1)C(=O)N[C@@H](CO)C(C)=O)[C@@H](C)CC. The van der Waals surface area contributed by atoms with Gasteiger partial charge in [-0.3, -0.25) is 67.1 Å². The van der Waals surface area contributed by atoms with Gasteiger partial charge in [0, 0.05) is 44.7 Å². The van der Waals surface area contributed by atoms with Gasteiger partial charge in [0.15, 0.2) is 5.78 Å². The third-order valence-electron chi connectivity index (χ3n) is 22.5. The summed E-state index contributed by atoms with van der Waals surface area (Å²) in [5.74, 6) is -11.7. The molecule has 0 fully saturated rings. The Kier molecular flexibility index (Phi) is 50.5. The average Bonchev–Trinajstić information content (AvgIpc) is 1.26. The molecule has 0 bridgehead atoms. The summed E-state index contributed by atoms with van der Waals surface area (Å²) in [4.78, 5) is 208. The van der Waals surface area contributed by atoms with Gasteiger partial charge in [-0.25, -0.2) is 4.98 Å². The van der Waals surface area contributed by atoms with Crippen molar-refractivity contribution in [2.24, 2.45) is 23.7 Å². The lowest BCUT2D eigenvalue weighted by atomic mass is 9.95. The minimum atomic E-state index is -1.77. The number of aromatic amines is 1. The molecule has 0 aliphatic carbocycles. The van der Waals surface area contributed by atoms with Gasteiger partial charge in [0.1, 0.15) is 84.3 Å².